The Morgan fingerprint density at radius 2 is 2.06 bits per heavy atom. The summed E-state index contributed by atoms with van der Waals surface area (Å²) in [6, 6.07) is 3.66. The Kier molecular flexibility index (Phi) is 6.01. The number of nitrogens with one attached hydrogen (secondary N) is 3. The number of allylic oxidation sites excluding steroid dienone is 1. The van der Waals surface area contributed by atoms with Gasteiger partial charge in [-0.25, -0.2) is 4.99 Å². The minimum atomic E-state index is -4.25. The van der Waals surface area contributed by atoms with Crippen LogP contribution in [-0.2, 0) is 16.0 Å². The van der Waals surface area contributed by atoms with Crippen molar-refractivity contribution in [2.75, 3.05) is 56.2 Å². The van der Waals surface area contributed by atoms with Crippen molar-refractivity contribution in [1.82, 2.24) is 10.2 Å². The van der Waals surface area contributed by atoms with Gasteiger partial charge in [0.15, 0.2) is 0 Å². The van der Waals surface area contributed by atoms with Crippen LogP contribution in [0.2, 0.25) is 0 Å². The van der Waals surface area contributed by atoms with E-state index in [-0.39, 0.29) is 24.5 Å². The molecule has 0 aromatic heterocycles. The number of likely N-dealkylation sites (tertiary alicyclic amines) is 1. The van der Waals surface area contributed by atoms with Crippen LogP contribution in [0.15, 0.2) is 40.8 Å². The maximum Gasteiger partial charge on any atom is 0.401 e. The number of alkyl halides is 3. The summed E-state index contributed by atoms with van der Waals surface area (Å²) in [5.74, 6) is 0.374. The lowest BCUT2D eigenvalue weighted by atomic mass is 9.89. The summed E-state index contributed by atoms with van der Waals surface area (Å²) in [4.78, 5) is 20.6. The number of benzene rings is 1. The number of morpholine rings is 1. The molecule has 4 aliphatic heterocycles. The molecule has 186 valence electrons. The summed E-state index contributed by atoms with van der Waals surface area (Å²) >= 11 is 0. The van der Waals surface area contributed by atoms with Gasteiger partial charge >= 0.3 is 6.18 Å². The first-order valence-electron chi connectivity index (χ1n) is 11.2. The zero-order valence-corrected chi connectivity index (χ0v) is 18.8. The third-order valence-electron chi connectivity index (χ3n) is 6.29. The average molecular weight is 490 g/mol. The molecule has 0 unspecified atom stereocenters. The minimum absolute atomic E-state index is 0.0635. The number of hydrogen-bond donors (Lipinski definition) is 3. The predicted molar refractivity (Wildman–Crippen MR) is 124 cm³/mol. The molecule has 12 heteroatoms. The molecule has 4 heterocycles. The molecule has 1 aromatic rings. The Morgan fingerprint density at radius 1 is 1.29 bits per heavy atom. The second kappa shape index (κ2) is 9.00. The number of hydrogen-bond acceptors (Lipinski definition) is 8. The number of aliphatic imine (C=N–C) groups is 1. The van der Waals surface area contributed by atoms with Crippen molar-refractivity contribution in [2.45, 2.75) is 18.2 Å². The quantitative estimate of drug-likeness (QED) is 0.432. The van der Waals surface area contributed by atoms with Gasteiger partial charge in [0, 0.05) is 62.9 Å². The first-order chi connectivity index (χ1) is 16.8. The molecule has 1 spiro atoms. The van der Waals surface area contributed by atoms with Crippen LogP contribution >= 0.6 is 0 Å². The fourth-order valence-corrected chi connectivity index (χ4v) is 4.84. The van der Waals surface area contributed by atoms with Crippen molar-refractivity contribution in [3.8, 4) is 5.75 Å². The smallest absolute Gasteiger partial charge is 0.401 e. The van der Waals surface area contributed by atoms with Crippen LogP contribution in [0.3, 0.4) is 0 Å². The molecule has 0 atom stereocenters. The molecular formula is C23H25F3N6O3. The number of carbonyl (C=O) groups excluding carboxylic acids is 1. The number of rotatable bonds is 5. The molecule has 2 fully saturated rings. The molecule has 1 aromatic carbocycles. The van der Waals surface area contributed by atoms with Gasteiger partial charge in [0.1, 0.15) is 17.2 Å². The predicted octanol–water partition coefficient (Wildman–Crippen LogP) is 2.06. The van der Waals surface area contributed by atoms with Crippen molar-refractivity contribution in [2.24, 2.45) is 4.99 Å². The zero-order chi connectivity index (χ0) is 24.6. The van der Waals surface area contributed by atoms with E-state index in [9.17, 15) is 18.0 Å². The lowest BCUT2D eigenvalue weighted by Crippen LogP contribution is -2.65. The van der Waals surface area contributed by atoms with Crippen molar-refractivity contribution < 1.29 is 27.4 Å². The summed E-state index contributed by atoms with van der Waals surface area (Å²) in [5, 5.41) is 13.5. The number of halogens is 3. The van der Waals surface area contributed by atoms with Crippen LogP contribution in [0.1, 0.15) is 5.56 Å². The van der Waals surface area contributed by atoms with Gasteiger partial charge in [0.2, 0.25) is 0 Å². The van der Waals surface area contributed by atoms with Crippen LogP contribution in [-0.4, -0.2) is 81.0 Å². The number of fused-ring (bicyclic) bond motifs is 1. The van der Waals surface area contributed by atoms with E-state index in [0.29, 0.717) is 44.2 Å². The summed E-state index contributed by atoms with van der Waals surface area (Å²) in [6.07, 6.45) is 1.96. The van der Waals surface area contributed by atoms with E-state index in [1.54, 1.807) is 12.3 Å². The SMILES string of the molecule is N=C/C(C(=O)Nc1cc2c(cc1N1CCOCC1)OC1(C2)CN(CC(F)(F)F)C1)=C1/N=CC=CN1. The molecule has 0 saturated carbocycles. The third kappa shape index (κ3) is 4.89. The molecule has 0 radical (unpaired) electrons. The van der Waals surface area contributed by atoms with Crippen LogP contribution in [0.25, 0.3) is 0 Å². The first-order valence-corrected chi connectivity index (χ1v) is 11.2. The van der Waals surface area contributed by atoms with Gasteiger partial charge < -0.3 is 30.4 Å². The van der Waals surface area contributed by atoms with Crippen molar-refractivity contribution >= 4 is 29.7 Å². The highest BCUT2D eigenvalue weighted by Crippen LogP contribution is 2.45. The fraction of sp³-hybridized carbons (Fsp3) is 0.435. The molecule has 3 N–H and O–H groups in total. The number of carbonyl (C=O) groups is 1. The van der Waals surface area contributed by atoms with Crippen LogP contribution < -0.4 is 20.3 Å². The largest absolute Gasteiger partial charge is 0.484 e. The lowest BCUT2D eigenvalue weighted by Gasteiger charge is -2.47. The molecule has 0 bridgehead atoms. The van der Waals surface area contributed by atoms with Crippen LogP contribution in [0.5, 0.6) is 5.75 Å². The second-order valence-corrected chi connectivity index (χ2v) is 8.94. The van der Waals surface area contributed by atoms with E-state index in [1.165, 1.54) is 11.1 Å². The minimum Gasteiger partial charge on any atom is -0.484 e. The van der Waals surface area contributed by atoms with E-state index < -0.39 is 24.2 Å². The number of nitrogens with zero attached hydrogens (tertiary/aromatic N) is 3. The summed E-state index contributed by atoms with van der Waals surface area (Å²) in [6.45, 7) is 1.71. The Morgan fingerprint density at radius 3 is 2.71 bits per heavy atom. The van der Waals surface area contributed by atoms with Crippen molar-refractivity contribution in [3.63, 3.8) is 0 Å². The third-order valence-corrected chi connectivity index (χ3v) is 6.29. The Labute approximate surface area is 199 Å². The zero-order valence-electron chi connectivity index (χ0n) is 18.8. The second-order valence-electron chi connectivity index (χ2n) is 8.94. The molecule has 35 heavy (non-hydrogen) atoms. The summed E-state index contributed by atoms with van der Waals surface area (Å²) < 4.78 is 49.9. The molecule has 5 rings (SSSR count). The topological polar surface area (TPSA) is 102 Å². The van der Waals surface area contributed by atoms with E-state index >= 15 is 0 Å². The standard InChI is InChI=1S/C23H25F3N6O3/c24-23(25,26)14-31-12-22(13-31)10-15-8-17(18(9-19(15)35-22)32-4-6-34-7-5-32)30-21(33)16(11-27)20-28-2-1-3-29-20/h1-3,8-9,11,27-28H,4-7,10,12-14H2,(H,30,33)/b20-16-,27-11?. The monoisotopic (exact) mass is 490 g/mol. The molecule has 0 aliphatic carbocycles. The number of amides is 1. The van der Waals surface area contributed by atoms with Crippen molar-refractivity contribution in [1.29, 1.82) is 5.41 Å². The van der Waals surface area contributed by atoms with E-state index in [4.69, 9.17) is 14.9 Å². The van der Waals surface area contributed by atoms with E-state index in [0.717, 1.165) is 17.5 Å². The van der Waals surface area contributed by atoms with Gasteiger partial charge in [0.05, 0.1) is 36.7 Å². The van der Waals surface area contributed by atoms with Crippen LogP contribution in [0, 0.1) is 5.41 Å². The normalized spacial score (nSPS) is 22.2. The van der Waals surface area contributed by atoms with Crippen LogP contribution in [0.4, 0.5) is 24.5 Å². The highest BCUT2D eigenvalue weighted by molar-refractivity contribution is 6.18. The van der Waals surface area contributed by atoms with E-state index in [2.05, 4.69) is 20.5 Å². The van der Waals surface area contributed by atoms with Crippen molar-refractivity contribution in [3.05, 3.63) is 41.4 Å². The molecule has 1 amide bonds. The lowest BCUT2D eigenvalue weighted by molar-refractivity contribution is -0.176. The van der Waals surface area contributed by atoms with Gasteiger partial charge in [-0.1, -0.05) is 0 Å². The van der Waals surface area contributed by atoms with Gasteiger partial charge in [-0.3, -0.25) is 9.69 Å². The van der Waals surface area contributed by atoms with E-state index in [1.807, 2.05) is 12.1 Å². The average Bonchev–Trinajstić information content (AvgIpc) is 3.17. The highest BCUT2D eigenvalue weighted by atomic mass is 19.4. The summed E-state index contributed by atoms with van der Waals surface area (Å²) in [5.41, 5.74) is 1.47. The van der Waals surface area contributed by atoms with Gasteiger partial charge in [-0.2, -0.15) is 13.2 Å². The fourth-order valence-electron chi connectivity index (χ4n) is 4.84. The van der Waals surface area contributed by atoms with Gasteiger partial charge in [-0.15, -0.1) is 0 Å². The molecule has 9 nitrogen and oxygen atoms in total. The maximum absolute atomic E-state index is 13.1. The van der Waals surface area contributed by atoms with Gasteiger partial charge in [0.25, 0.3) is 5.91 Å². The molecule has 2 saturated heterocycles. The molecule has 4 aliphatic rings. The summed E-state index contributed by atoms with van der Waals surface area (Å²) in [7, 11) is 0. The number of anilines is 2. The number of ether oxygens (including phenoxy) is 2. The Hall–Kier alpha value is -3.38. The molecular weight excluding hydrogens is 465 g/mol. The highest BCUT2D eigenvalue weighted by Gasteiger charge is 2.52. The maximum atomic E-state index is 13.1. The Balaban J connectivity index is 1.40. The first kappa shape index (κ1) is 23.4. The van der Waals surface area contributed by atoms with Gasteiger partial charge in [-0.05, 0) is 12.1 Å². The Bertz CT molecular complexity index is 1120.